The van der Waals surface area contributed by atoms with Crippen molar-refractivity contribution in [2.24, 2.45) is 0 Å². The number of thiocarbonyl (C=S) groups is 1. The monoisotopic (exact) mass is 406 g/mol. The minimum absolute atomic E-state index is 0.121. The van der Waals surface area contributed by atoms with Gasteiger partial charge >= 0.3 is 0 Å². The fourth-order valence-electron chi connectivity index (χ4n) is 2.35. The second kappa shape index (κ2) is 8.53. The minimum Gasteiger partial charge on any atom is -0.465 e. The van der Waals surface area contributed by atoms with Crippen molar-refractivity contribution < 1.29 is 14.0 Å². The van der Waals surface area contributed by atoms with Crippen LogP contribution in [0, 0.1) is 0 Å². The Kier molecular flexibility index (Phi) is 6.13. The first-order valence-corrected chi connectivity index (χ1v) is 9.47. The van der Waals surface area contributed by atoms with Gasteiger partial charge in [0.05, 0.1) is 11.2 Å². The number of nitrogens with one attached hydrogen (secondary N) is 1. The van der Waals surface area contributed by atoms with Crippen LogP contribution in [-0.4, -0.2) is 27.6 Å². The van der Waals surface area contributed by atoms with E-state index in [2.05, 4.69) is 5.32 Å². The van der Waals surface area contributed by atoms with Crippen LogP contribution < -0.4 is 5.32 Å². The molecule has 0 bridgehead atoms. The molecule has 1 aromatic carbocycles. The summed E-state index contributed by atoms with van der Waals surface area (Å²) in [6, 6.07) is 10.4. The predicted molar refractivity (Wildman–Crippen MR) is 108 cm³/mol. The predicted octanol–water partition coefficient (Wildman–Crippen LogP) is 4.55. The molecule has 1 N–H and O–H groups in total. The molecule has 8 heteroatoms. The third-order valence-electron chi connectivity index (χ3n) is 3.60. The van der Waals surface area contributed by atoms with E-state index >= 15 is 0 Å². The second-order valence-corrected chi connectivity index (χ2v) is 7.62. The van der Waals surface area contributed by atoms with E-state index < -0.39 is 0 Å². The number of carbonyl (C=O) groups excluding carboxylic acids is 2. The number of carbonyl (C=O) groups is 2. The molecule has 1 aliphatic heterocycles. The van der Waals surface area contributed by atoms with Gasteiger partial charge in [0.25, 0.3) is 5.91 Å². The molecule has 3 rings (SSSR count). The Morgan fingerprint density at radius 1 is 1.31 bits per heavy atom. The fraction of sp³-hybridized carbons (Fsp3) is 0.167. The second-order valence-electron chi connectivity index (χ2n) is 5.51. The number of benzene rings is 1. The summed E-state index contributed by atoms with van der Waals surface area (Å²) < 4.78 is 5.72. The largest absolute Gasteiger partial charge is 0.465 e. The molecule has 1 saturated heterocycles. The lowest BCUT2D eigenvalue weighted by atomic mass is 10.2. The zero-order valence-electron chi connectivity index (χ0n) is 13.6. The van der Waals surface area contributed by atoms with E-state index in [9.17, 15) is 9.59 Å². The summed E-state index contributed by atoms with van der Waals surface area (Å²) in [6.45, 7) is 0.397. The number of amides is 2. The van der Waals surface area contributed by atoms with Gasteiger partial charge in [0.2, 0.25) is 5.91 Å². The Balaban J connectivity index is 1.50. The average Bonchev–Trinajstić information content (AvgIpc) is 3.21. The minimum atomic E-state index is -0.158. The van der Waals surface area contributed by atoms with Crippen LogP contribution in [0.3, 0.4) is 0 Å². The van der Waals surface area contributed by atoms with Gasteiger partial charge in [0.1, 0.15) is 10.1 Å². The van der Waals surface area contributed by atoms with Crippen molar-refractivity contribution in [3.05, 3.63) is 58.3 Å². The topological polar surface area (TPSA) is 62.6 Å². The molecule has 1 aliphatic rings. The standard InChI is InChI=1S/C18H15ClN2O3S2/c19-12-5-7-13(8-6-12)20-16(22)4-1-9-21-17(23)15(26-18(21)25)11-14-3-2-10-24-14/h2-3,5-8,10-11H,1,4,9H2,(H,20,22). The van der Waals surface area contributed by atoms with Crippen LogP contribution in [0.15, 0.2) is 52.0 Å². The molecule has 0 radical (unpaired) electrons. The first-order chi connectivity index (χ1) is 12.5. The molecule has 2 heterocycles. The molecule has 5 nitrogen and oxygen atoms in total. The highest BCUT2D eigenvalue weighted by Gasteiger charge is 2.31. The van der Waals surface area contributed by atoms with Gasteiger partial charge in [-0.05, 0) is 42.8 Å². The number of nitrogens with zero attached hydrogens (tertiary/aromatic N) is 1. The lowest BCUT2D eigenvalue weighted by Gasteiger charge is -2.14. The summed E-state index contributed by atoms with van der Waals surface area (Å²) in [6.07, 6.45) is 4.02. The van der Waals surface area contributed by atoms with Crippen LogP contribution in [0.4, 0.5) is 5.69 Å². The van der Waals surface area contributed by atoms with Crippen molar-refractivity contribution in [3.63, 3.8) is 0 Å². The molecule has 134 valence electrons. The van der Waals surface area contributed by atoms with Crippen LogP contribution in [0.2, 0.25) is 5.02 Å². The normalized spacial score (nSPS) is 15.7. The third kappa shape index (κ3) is 4.75. The highest BCUT2D eigenvalue weighted by molar-refractivity contribution is 8.26. The molecular formula is C18H15ClN2O3S2. The maximum absolute atomic E-state index is 12.4. The van der Waals surface area contributed by atoms with Crippen LogP contribution in [0.5, 0.6) is 0 Å². The molecule has 0 spiro atoms. The van der Waals surface area contributed by atoms with Crippen molar-refractivity contribution in [1.29, 1.82) is 0 Å². The SMILES string of the molecule is O=C(CCCN1C(=O)C(=Cc2ccco2)SC1=S)Nc1ccc(Cl)cc1. The van der Waals surface area contributed by atoms with E-state index in [0.29, 0.717) is 38.7 Å². The van der Waals surface area contributed by atoms with Crippen molar-refractivity contribution in [2.75, 3.05) is 11.9 Å². The summed E-state index contributed by atoms with van der Waals surface area (Å²) >= 11 is 12.3. The van der Waals surface area contributed by atoms with Crippen molar-refractivity contribution in [2.45, 2.75) is 12.8 Å². The number of rotatable bonds is 6. The molecule has 0 aliphatic carbocycles. The molecule has 2 aromatic rings. The Morgan fingerprint density at radius 3 is 2.77 bits per heavy atom. The van der Waals surface area contributed by atoms with E-state index in [1.165, 1.54) is 16.7 Å². The number of furan rings is 1. The summed E-state index contributed by atoms with van der Waals surface area (Å²) in [5.74, 6) is 0.325. The smallest absolute Gasteiger partial charge is 0.266 e. The van der Waals surface area contributed by atoms with Crippen LogP contribution >= 0.6 is 35.6 Å². The summed E-state index contributed by atoms with van der Waals surface area (Å²) in [4.78, 5) is 26.5. The number of hydrogen-bond acceptors (Lipinski definition) is 5. The van der Waals surface area contributed by atoms with Crippen molar-refractivity contribution in [3.8, 4) is 0 Å². The Bertz CT molecular complexity index is 848. The van der Waals surface area contributed by atoms with Crippen molar-refractivity contribution >= 4 is 63.5 Å². The fourth-order valence-corrected chi connectivity index (χ4v) is 3.76. The molecule has 1 aromatic heterocycles. The zero-order chi connectivity index (χ0) is 18.5. The third-order valence-corrected chi connectivity index (χ3v) is 5.23. The van der Waals surface area contributed by atoms with Gasteiger partial charge in [-0.3, -0.25) is 14.5 Å². The maximum Gasteiger partial charge on any atom is 0.266 e. The first kappa shape index (κ1) is 18.7. The number of halogens is 1. The van der Waals surface area contributed by atoms with E-state index in [1.54, 1.807) is 48.7 Å². The summed E-state index contributed by atoms with van der Waals surface area (Å²) in [7, 11) is 0. The maximum atomic E-state index is 12.4. The van der Waals surface area contributed by atoms with Gasteiger partial charge < -0.3 is 9.73 Å². The van der Waals surface area contributed by atoms with E-state index in [1.807, 2.05) is 0 Å². The Labute approximate surface area is 165 Å². The summed E-state index contributed by atoms with van der Waals surface area (Å²) in [5, 5.41) is 3.40. The number of anilines is 1. The van der Waals surface area contributed by atoms with Gasteiger partial charge in [0, 0.05) is 29.8 Å². The lowest BCUT2D eigenvalue weighted by Crippen LogP contribution is -2.29. The highest BCUT2D eigenvalue weighted by atomic mass is 35.5. The van der Waals surface area contributed by atoms with E-state index in [0.717, 1.165) is 0 Å². The van der Waals surface area contributed by atoms with Crippen LogP contribution in [0.25, 0.3) is 6.08 Å². The van der Waals surface area contributed by atoms with Crippen LogP contribution in [-0.2, 0) is 9.59 Å². The van der Waals surface area contributed by atoms with E-state index in [-0.39, 0.29) is 18.2 Å². The quantitative estimate of drug-likeness (QED) is 0.563. The van der Waals surface area contributed by atoms with Gasteiger partial charge in [0.15, 0.2) is 0 Å². The van der Waals surface area contributed by atoms with Gasteiger partial charge in [-0.1, -0.05) is 35.6 Å². The van der Waals surface area contributed by atoms with Gasteiger partial charge in [-0.2, -0.15) is 0 Å². The van der Waals surface area contributed by atoms with Gasteiger partial charge in [-0.15, -0.1) is 0 Å². The first-order valence-electron chi connectivity index (χ1n) is 7.87. The zero-order valence-corrected chi connectivity index (χ0v) is 16.0. The summed E-state index contributed by atoms with van der Waals surface area (Å²) in [5.41, 5.74) is 0.686. The lowest BCUT2D eigenvalue weighted by molar-refractivity contribution is -0.122. The molecule has 1 fully saturated rings. The molecule has 0 atom stereocenters. The van der Waals surface area contributed by atoms with E-state index in [4.69, 9.17) is 28.2 Å². The molecule has 0 saturated carbocycles. The van der Waals surface area contributed by atoms with Crippen LogP contribution in [0.1, 0.15) is 18.6 Å². The molecule has 26 heavy (non-hydrogen) atoms. The number of hydrogen-bond donors (Lipinski definition) is 1. The molecular weight excluding hydrogens is 392 g/mol. The molecule has 2 amide bonds. The number of thioether (sulfide) groups is 1. The average molecular weight is 407 g/mol. The van der Waals surface area contributed by atoms with Gasteiger partial charge in [-0.25, -0.2) is 0 Å². The highest BCUT2D eigenvalue weighted by Crippen LogP contribution is 2.32. The Hall–Kier alpha value is -2.09. The Morgan fingerprint density at radius 2 is 2.08 bits per heavy atom. The van der Waals surface area contributed by atoms with Crippen molar-refractivity contribution in [1.82, 2.24) is 4.90 Å². The molecule has 0 unspecified atom stereocenters.